The lowest BCUT2D eigenvalue weighted by Gasteiger charge is -2.34. The fourth-order valence-electron chi connectivity index (χ4n) is 3.59. The van der Waals surface area contributed by atoms with Crippen molar-refractivity contribution < 1.29 is 14.3 Å². The number of carbonyl (C=O) groups is 2. The molecule has 0 aromatic heterocycles. The van der Waals surface area contributed by atoms with E-state index < -0.39 is 12.0 Å². The van der Waals surface area contributed by atoms with E-state index in [2.05, 4.69) is 17.2 Å². The number of benzene rings is 3. The molecule has 150 valence electrons. The van der Waals surface area contributed by atoms with Gasteiger partial charge in [-0.25, -0.2) is 4.79 Å². The number of ether oxygens (including phenoxy) is 1. The van der Waals surface area contributed by atoms with E-state index in [-0.39, 0.29) is 11.8 Å². The average molecular weight is 398 g/mol. The number of hydrogen-bond donors (Lipinski definition) is 2. The van der Waals surface area contributed by atoms with Crippen LogP contribution in [0.3, 0.4) is 0 Å². The first-order chi connectivity index (χ1) is 14.6. The maximum Gasteiger partial charge on any atom is 0.319 e. The molecule has 5 nitrogen and oxygen atoms in total. The molecular formula is C25H22N2O3. The fourth-order valence-corrected chi connectivity index (χ4v) is 3.59. The van der Waals surface area contributed by atoms with Gasteiger partial charge in [0.25, 0.3) is 0 Å². The predicted molar refractivity (Wildman–Crippen MR) is 115 cm³/mol. The van der Waals surface area contributed by atoms with Crippen LogP contribution in [0.15, 0.2) is 97.2 Å². The molecule has 0 aliphatic carbocycles. The Bertz CT molecular complexity index is 1060. The first-order valence-electron chi connectivity index (χ1n) is 9.74. The van der Waals surface area contributed by atoms with Crippen LogP contribution in [0.1, 0.15) is 27.5 Å². The molecule has 0 unspecified atom stereocenters. The number of amides is 2. The van der Waals surface area contributed by atoms with E-state index in [1.807, 2.05) is 72.8 Å². The quantitative estimate of drug-likeness (QED) is 0.595. The second kappa shape index (κ2) is 8.66. The van der Waals surface area contributed by atoms with Crippen LogP contribution in [-0.4, -0.2) is 11.8 Å². The summed E-state index contributed by atoms with van der Waals surface area (Å²) in [6.45, 7) is 4.38. The zero-order valence-corrected chi connectivity index (χ0v) is 16.4. The van der Waals surface area contributed by atoms with E-state index in [9.17, 15) is 9.59 Å². The molecular weight excluding hydrogens is 376 g/mol. The Kier molecular flexibility index (Phi) is 5.61. The predicted octanol–water partition coefficient (Wildman–Crippen LogP) is 4.63. The summed E-state index contributed by atoms with van der Waals surface area (Å²) in [5.41, 5.74) is 2.80. The smallest absolute Gasteiger partial charge is 0.319 e. The summed E-state index contributed by atoms with van der Waals surface area (Å²) in [4.78, 5) is 25.3. The molecule has 2 amide bonds. The Morgan fingerprint density at radius 1 is 0.933 bits per heavy atom. The Hall–Kier alpha value is -3.86. The molecule has 1 fully saturated rings. The van der Waals surface area contributed by atoms with Crippen LogP contribution in [0.25, 0.3) is 0 Å². The van der Waals surface area contributed by atoms with Crippen molar-refractivity contribution in [2.24, 2.45) is 5.92 Å². The van der Waals surface area contributed by atoms with Crippen LogP contribution in [0, 0.1) is 5.92 Å². The molecule has 5 heteroatoms. The van der Waals surface area contributed by atoms with Gasteiger partial charge in [-0.15, -0.1) is 0 Å². The topological polar surface area (TPSA) is 67.4 Å². The number of nitrogens with one attached hydrogen (secondary N) is 2. The number of ketones is 1. The molecule has 1 heterocycles. The van der Waals surface area contributed by atoms with Crippen molar-refractivity contribution >= 4 is 11.8 Å². The van der Waals surface area contributed by atoms with Crippen LogP contribution in [0.2, 0.25) is 0 Å². The minimum absolute atomic E-state index is 0.103. The van der Waals surface area contributed by atoms with Gasteiger partial charge in [0.05, 0.1) is 12.0 Å². The van der Waals surface area contributed by atoms with Crippen LogP contribution in [0.5, 0.6) is 5.75 Å². The van der Waals surface area contributed by atoms with Gasteiger partial charge >= 0.3 is 6.03 Å². The zero-order valence-electron chi connectivity index (χ0n) is 16.4. The summed E-state index contributed by atoms with van der Waals surface area (Å²) >= 11 is 0. The van der Waals surface area contributed by atoms with Gasteiger partial charge in [-0.3, -0.25) is 4.79 Å². The minimum atomic E-state index is -0.630. The van der Waals surface area contributed by atoms with Gasteiger partial charge in [0.1, 0.15) is 12.4 Å². The minimum Gasteiger partial charge on any atom is -0.489 e. The molecule has 0 saturated carbocycles. The molecule has 2 atom stereocenters. The molecule has 4 rings (SSSR count). The SMILES string of the molecule is C=C1NC(=O)N[C@@H](c2cccc(OCc3ccccc3)c2)[C@@H]1C(=O)c1ccccc1. The molecule has 2 N–H and O–H groups in total. The summed E-state index contributed by atoms with van der Waals surface area (Å²) in [5, 5.41) is 5.52. The van der Waals surface area contributed by atoms with E-state index in [0.29, 0.717) is 23.6 Å². The molecule has 1 saturated heterocycles. The maximum absolute atomic E-state index is 13.2. The molecule has 0 spiro atoms. The van der Waals surface area contributed by atoms with Crippen molar-refractivity contribution in [3.05, 3.63) is 114 Å². The average Bonchev–Trinajstić information content (AvgIpc) is 2.78. The molecule has 0 bridgehead atoms. The van der Waals surface area contributed by atoms with Gasteiger partial charge in [-0.05, 0) is 23.3 Å². The zero-order chi connectivity index (χ0) is 20.9. The second-order valence-corrected chi connectivity index (χ2v) is 7.16. The van der Waals surface area contributed by atoms with E-state index >= 15 is 0 Å². The summed E-state index contributed by atoms with van der Waals surface area (Å²) < 4.78 is 5.92. The second-order valence-electron chi connectivity index (χ2n) is 7.16. The highest BCUT2D eigenvalue weighted by Crippen LogP contribution is 2.33. The summed E-state index contributed by atoms with van der Waals surface area (Å²) in [7, 11) is 0. The normalized spacial score (nSPS) is 18.3. The van der Waals surface area contributed by atoms with E-state index in [4.69, 9.17) is 4.74 Å². The van der Waals surface area contributed by atoms with E-state index in [1.54, 1.807) is 12.1 Å². The highest BCUT2D eigenvalue weighted by atomic mass is 16.5. The Balaban J connectivity index is 1.60. The van der Waals surface area contributed by atoms with Crippen molar-refractivity contribution in [3.63, 3.8) is 0 Å². The number of urea groups is 1. The van der Waals surface area contributed by atoms with Crippen molar-refractivity contribution in [1.82, 2.24) is 10.6 Å². The van der Waals surface area contributed by atoms with Crippen LogP contribution in [0.4, 0.5) is 4.79 Å². The van der Waals surface area contributed by atoms with Gasteiger partial charge in [0.2, 0.25) is 0 Å². The fraction of sp³-hybridized carbons (Fsp3) is 0.120. The monoisotopic (exact) mass is 398 g/mol. The van der Waals surface area contributed by atoms with Gasteiger partial charge in [-0.1, -0.05) is 79.4 Å². The highest BCUT2D eigenvalue weighted by Gasteiger charge is 2.38. The van der Waals surface area contributed by atoms with Gasteiger partial charge in [0.15, 0.2) is 5.78 Å². The summed E-state index contributed by atoms with van der Waals surface area (Å²) in [6, 6.07) is 25.4. The number of rotatable bonds is 6. The van der Waals surface area contributed by atoms with Crippen LogP contribution in [-0.2, 0) is 6.61 Å². The lowest BCUT2D eigenvalue weighted by molar-refractivity contribution is 0.0905. The summed E-state index contributed by atoms with van der Waals surface area (Å²) in [6.07, 6.45) is 0. The maximum atomic E-state index is 13.2. The Labute approximate surface area is 175 Å². The third-order valence-corrected chi connectivity index (χ3v) is 5.08. The third-order valence-electron chi connectivity index (χ3n) is 5.08. The van der Waals surface area contributed by atoms with E-state index in [1.165, 1.54) is 0 Å². The first-order valence-corrected chi connectivity index (χ1v) is 9.74. The summed E-state index contributed by atoms with van der Waals surface area (Å²) in [5.74, 6) is -0.0659. The van der Waals surface area contributed by atoms with Crippen LogP contribution >= 0.6 is 0 Å². The molecule has 0 radical (unpaired) electrons. The number of carbonyl (C=O) groups excluding carboxylic acids is 2. The number of hydrogen-bond acceptors (Lipinski definition) is 3. The van der Waals surface area contributed by atoms with Crippen molar-refractivity contribution in [2.45, 2.75) is 12.6 Å². The lowest BCUT2D eigenvalue weighted by Crippen LogP contribution is -2.50. The van der Waals surface area contributed by atoms with Gasteiger partial charge in [-0.2, -0.15) is 0 Å². The lowest BCUT2D eigenvalue weighted by atomic mass is 9.83. The molecule has 3 aromatic rings. The largest absolute Gasteiger partial charge is 0.489 e. The standard InChI is InChI=1S/C25H22N2O3/c1-17-22(24(28)19-11-6-3-7-12-19)23(27-25(29)26-17)20-13-8-14-21(15-20)30-16-18-9-4-2-5-10-18/h2-15,22-23H,1,16H2,(H2,26,27,29)/t22-,23+/m1/s1. The van der Waals surface area contributed by atoms with E-state index in [0.717, 1.165) is 11.1 Å². The van der Waals surface area contributed by atoms with Gasteiger partial charge < -0.3 is 15.4 Å². The van der Waals surface area contributed by atoms with Crippen LogP contribution < -0.4 is 15.4 Å². The molecule has 1 aliphatic heterocycles. The number of Topliss-reactive ketones (excluding diaryl/α,β-unsaturated/α-hetero) is 1. The highest BCUT2D eigenvalue weighted by molar-refractivity contribution is 6.01. The van der Waals surface area contributed by atoms with Gasteiger partial charge in [0, 0.05) is 11.3 Å². The van der Waals surface area contributed by atoms with Crippen molar-refractivity contribution in [3.8, 4) is 5.75 Å². The van der Waals surface area contributed by atoms with Crippen molar-refractivity contribution in [1.29, 1.82) is 0 Å². The molecule has 1 aliphatic rings. The van der Waals surface area contributed by atoms with Crippen molar-refractivity contribution in [2.75, 3.05) is 0 Å². The molecule has 30 heavy (non-hydrogen) atoms. The first kappa shape index (κ1) is 19.5. The Morgan fingerprint density at radius 3 is 2.37 bits per heavy atom. The third kappa shape index (κ3) is 4.25. The molecule has 3 aromatic carbocycles. The Morgan fingerprint density at radius 2 is 1.63 bits per heavy atom.